The highest BCUT2D eigenvalue weighted by Gasteiger charge is 2.39. The van der Waals surface area contributed by atoms with Gasteiger partial charge in [0, 0.05) is 10.0 Å². The van der Waals surface area contributed by atoms with Gasteiger partial charge in [0.1, 0.15) is 6.07 Å². The van der Waals surface area contributed by atoms with Crippen molar-refractivity contribution in [2.45, 2.75) is 31.2 Å². The number of nitrogens with one attached hydrogen (secondary N) is 1. The summed E-state index contributed by atoms with van der Waals surface area (Å²) in [6, 6.07) is 7.58. The Bertz CT molecular complexity index is 518. The van der Waals surface area contributed by atoms with Crippen molar-refractivity contribution in [3.63, 3.8) is 0 Å². The first-order valence-electron chi connectivity index (χ1n) is 5.75. The molecule has 2 N–H and O–H groups in total. The molecule has 0 heterocycles. The van der Waals surface area contributed by atoms with Crippen LogP contribution in [-0.2, 0) is 4.79 Å². The minimum absolute atomic E-state index is 0.0877. The first-order valence-corrected chi connectivity index (χ1v) is 6.54. The van der Waals surface area contributed by atoms with Gasteiger partial charge < -0.3 is 10.4 Å². The van der Waals surface area contributed by atoms with Crippen molar-refractivity contribution in [3.8, 4) is 6.07 Å². The second kappa shape index (κ2) is 4.99. The van der Waals surface area contributed by atoms with E-state index in [1.165, 1.54) is 0 Å². The Morgan fingerprint density at radius 1 is 1.56 bits per heavy atom. The van der Waals surface area contributed by atoms with Crippen molar-refractivity contribution >= 4 is 27.6 Å². The van der Waals surface area contributed by atoms with Crippen LogP contribution in [-0.4, -0.2) is 16.6 Å². The van der Waals surface area contributed by atoms with Crippen LogP contribution >= 0.6 is 15.9 Å². The summed E-state index contributed by atoms with van der Waals surface area (Å²) in [4.78, 5) is 10.9. The zero-order valence-electron chi connectivity index (χ0n) is 9.74. The maximum Gasteiger partial charge on any atom is 0.305 e. The second-order valence-electron chi connectivity index (χ2n) is 4.60. The summed E-state index contributed by atoms with van der Waals surface area (Å²) in [5, 5.41) is 21.3. The summed E-state index contributed by atoms with van der Waals surface area (Å²) in [5.41, 5.74) is 0.833. The molecule has 0 aromatic heterocycles. The van der Waals surface area contributed by atoms with E-state index in [0.29, 0.717) is 11.3 Å². The summed E-state index contributed by atoms with van der Waals surface area (Å²) in [6.45, 7) is 0. The predicted octanol–water partition coefficient (Wildman–Crippen LogP) is 3.13. The molecule has 94 valence electrons. The Kier molecular flexibility index (Phi) is 3.58. The molecule has 1 fully saturated rings. The molecule has 5 heteroatoms. The van der Waals surface area contributed by atoms with E-state index in [-0.39, 0.29) is 6.42 Å². The number of halogens is 1. The van der Waals surface area contributed by atoms with Gasteiger partial charge in [0.25, 0.3) is 0 Å². The van der Waals surface area contributed by atoms with Crippen LogP contribution < -0.4 is 5.32 Å². The van der Waals surface area contributed by atoms with Gasteiger partial charge in [-0.15, -0.1) is 0 Å². The smallest absolute Gasteiger partial charge is 0.305 e. The average Bonchev–Trinajstić information content (AvgIpc) is 2.25. The quantitative estimate of drug-likeness (QED) is 0.896. The maximum atomic E-state index is 10.9. The van der Waals surface area contributed by atoms with Crippen LogP contribution in [0.5, 0.6) is 0 Å². The molecule has 0 atom stereocenters. The predicted molar refractivity (Wildman–Crippen MR) is 71.3 cm³/mol. The molecule has 1 aromatic rings. The Balaban J connectivity index is 2.26. The number of aliphatic carboxylic acids is 1. The molecule has 18 heavy (non-hydrogen) atoms. The van der Waals surface area contributed by atoms with Gasteiger partial charge in [-0.25, -0.2) is 0 Å². The molecular weight excluding hydrogens is 296 g/mol. The standard InChI is InChI=1S/C13H13BrN2O2/c14-10-3-1-4-11(9(10)8-15)16-13(5-2-6-13)7-12(17)18/h1,3-4,16H,2,5-7H2,(H,17,18). The largest absolute Gasteiger partial charge is 0.481 e. The van der Waals surface area contributed by atoms with E-state index < -0.39 is 11.5 Å². The maximum absolute atomic E-state index is 10.9. The highest BCUT2D eigenvalue weighted by atomic mass is 79.9. The highest BCUT2D eigenvalue weighted by Crippen LogP contribution is 2.39. The monoisotopic (exact) mass is 308 g/mol. The number of carboxylic acids is 1. The van der Waals surface area contributed by atoms with Gasteiger partial charge in [-0.2, -0.15) is 5.26 Å². The first kappa shape index (κ1) is 12.9. The van der Waals surface area contributed by atoms with Crippen molar-refractivity contribution in [1.29, 1.82) is 5.26 Å². The van der Waals surface area contributed by atoms with E-state index in [2.05, 4.69) is 27.3 Å². The number of nitrogens with zero attached hydrogens (tertiary/aromatic N) is 1. The van der Waals surface area contributed by atoms with Crippen molar-refractivity contribution in [2.75, 3.05) is 5.32 Å². The fraction of sp³-hybridized carbons (Fsp3) is 0.385. The van der Waals surface area contributed by atoms with Crippen molar-refractivity contribution < 1.29 is 9.90 Å². The van der Waals surface area contributed by atoms with Crippen LogP contribution in [0, 0.1) is 11.3 Å². The number of benzene rings is 1. The summed E-state index contributed by atoms with van der Waals surface area (Å²) in [7, 11) is 0. The van der Waals surface area contributed by atoms with Crippen LogP contribution in [0.1, 0.15) is 31.2 Å². The molecule has 1 saturated carbocycles. The van der Waals surface area contributed by atoms with Crippen LogP contribution in [0.2, 0.25) is 0 Å². The molecule has 1 aliphatic rings. The van der Waals surface area contributed by atoms with Gasteiger partial charge in [-0.05, 0) is 47.3 Å². The lowest BCUT2D eigenvalue weighted by Gasteiger charge is -2.42. The molecule has 1 aromatic carbocycles. The molecule has 0 radical (unpaired) electrons. The topological polar surface area (TPSA) is 73.1 Å². The Labute approximate surface area is 114 Å². The number of hydrogen-bond acceptors (Lipinski definition) is 3. The van der Waals surface area contributed by atoms with Crippen LogP contribution in [0.3, 0.4) is 0 Å². The third-order valence-electron chi connectivity index (χ3n) is 3.33. The number of rotatable bonds is 4. The molecule has 4 nitrogen and oxygen atoms in total. The zero-order valence-corrected chi connectivity index (χ0v) is 11.3. The summed E-state index contributed by atoms with van der Waals surface area (Å²) >= 11 is 3.33. The van der Waals surface area contributed by atoms with Crippen molar-refractivity contribution in [3.05, 3.63) is 28.2 Å². The molecule has 0 saturated heterocycles. The van der Waals surface area contributed by atoms with Gasteiger partial charge in [0.2, 0.25) is 0 Å². The third kappa shape index (κ3) is 2.49. The van der Waals surface area contributed by atoms with Gasteiger partial charge in [-0.3, -0.25) is 4.79 Å². The van der Waals surface area contributed by atoms with E-state index >= 15 is 0 Å². The van der Waals surface area contributed by atoms with Gasteiger partial charge in [0.15, 0.2) is 0 Å². The third-order valence-corrected chi connectivity index (χ3v) is 3.99. The van der Waals surface area contributed by atoms with Gasteiger partial charge >= 0.3 is 5.97 Å². The van der Waals surface area contributed by atoms with E-state index in [1.54, 1.807) is 6.07 Å². The number of nitriles is 1. The second-order valence-corrected chi connectivity index (χ2v) is 5.46. The SMILES string of the molecule is N#Cc1c(Br)cccc1NC1(CC(=O)O)CCC1. The van der Waals surface area contributed by atoms with Gasteiger partial charge in [-0.1, -0.05) is 6.07 Å². The molecule has 0 aliphatic heterocycles. The Morgan fingerprint density at radius 3 is 2.78 bits per heavy atom. The lowest BCUT2D eigenvalue weighted by Crippen LogP contribution is -2.46. The number of carbonyl (C=O) groups is 1. The molecular formula is C13H13BrN2O2. The van der Waals surface area contributed by atoms with Crippen molar-refractivity contribution in [2.24, 2.45) is 0 Å². The minimum atomic E-state index is -0.810. The summed E-state index contributed by atoms with van der Waals surface area (Å²) < 4.78 is 0.722. The zero-order chi connectivity index (χ0) is 13.2. The molecule has 0 amide bonds. The average molecular weight is 309 g/mol. The molecule has 2 rings (SSSR count). The summed E-state index contributed by atoms with van der Waals surface area (Å²) in [6.07, 6.45) is 2.77. The number of anilines is 1. The molecule has 0 unspecified atom stereocenters. The summed E-state index contributed by atoms with van der Waals surface area (Å²) in [5.74, 6) is -0.810. The van der Waals surface area contributed by atoms with Crippen molar-refractivity contribution in [1.82, 2.24) is 0 Å². The van der Waals surface area contributed by atoms with Crippen LogP contribution in [0.4, 0.5) is 5.69 Å². The lowest BCUT2D eigenvalue weighted by molar-refractivity contribution is -0.138. The van der Waals surface area contributed by atoms with Crippen LogP contribution in [0.15, 0.2) is 22.7 Å². The fourth-order valence-corrected chi connectivity index (χ4v) is 2.72. The molecule has 1 aliphatic carbocycles. The Hall–Kier alpha value is -1.54. The van der Waals surface area contributed by atoms with E-state index in [4.69, 9.17) is 10.4 Å². The van der Waals surface area contributed by atoms with Gasteiger partial charge in [0.05, 0.1) is 17.7 Å². The number of hydrogen-bond donors (Lipinski definition) is 2. The van der Waals surface area contributed by atoms with Crippen LogP contribution in [0.25, 0.3) is 0 Å². The molecule has 0 bridgehead atoms. The lowest BCUT2D eigenvalue weighted by atomic mass is 9.74. The Morgan fingerprint density at radius 2 is 2.28 bits per heavy atom. The van der Waals surface area contributed by atoms with E-state index in [0.717, 1.165) is 23.7 Å². The minimum Gasteiger partial charge on any atom is -0.481 e. The van der Waals surface area contributed by atoms with E-state index in [1.807, 2.05) is 12.1 Å². The van der Waals surface area contributed by atoms with E-state index in [9.17, 15) is 4.79 Å². The highest BCUT2D eigenvalue weighted by molar-refractivity contribution is 9.10. The normalized spacial score (nSPS) is 16.4. The number of carboxylic acid groups (broad SMARTS) is 1. The first-order chi connectivity index (χ1) is 8.56. The molecule has 0 spiro atoms. The fourth-order valence-electron chi connectivity index (χ4n) is 2.27.